The summed E-state index contributed by atoms with van der Waals surface area (Å²) in [6.45, 7) is 7.68. The van der Waals surface area contributed by atoms with Crippen LogP contribution in [0, 0.1) is 11.7 Å². The lowest BCUT2D eigenvalue weighted by Crippen LogP contribution is -2.39. The van der Waals surface area contributed by atoms with Crippen LogP contribution in [-0.2, 0) is 22.5 Å². The van der Waals surface area contributed by atoms with Crippen LogP contribution in [0.4, 0.5) is 4.39 Å². The van der Waals surface area contributed by atoms with Crippen molar-refractivity contribution in [1.29, 1.82) is 0 Å². The van der Waals surface area contributed by atoms with Gasteiger partial charge in [-0.05, 0) is 36.5 Å². The summed E-state index contributed by atoms with van der Waals surface area (Å²) < 4.78 is 30.1. The molecular formula is C19H31FIN3O3. The molecule has 0 radical (unpaired) electrons. The van der Waals surface area contributed by atoms with Crippen molar-refractivity contribution in [2.45, 2.75) is 33.3 Å². The van der Waals surface area contributed by atoms with E-state index in [2.05, 4.69) is 29.5 Å². The first-order chi connectivity index (χ1) is 12.6. The highest BCUT2D eigenvalue weighted by molar-refractivity contribution is 14.0. The van der Waals surface area contributed by atoms with E-state index in [1.165, 1.54) is 12.1 Å². The second-order valence-corrected chi connectivity index (χ2v) is 6.63. The summed E-state index contributed by atoms with van der Waals surface area (Å²) in [5.74, 6) is 1.82. The van der Waals surface area contributed by atoms with Crippen LogP contribution in [0.3, 0.4) is 0 Å². The molecule has 2 N–H and O–H groups in total. The highest BCUT2D eigenvalue weighted by Gasteiger charge is 2.16. The van der Waals surface area contributed by atoms with E-state index in [0.717, 1.165) is 29.9 Å². The van der Waals surface area contributed by atoms with Crippen molar-refractivity contribution in [3.63, 3.8) is 0 Å². The first-order valence-corrected chi connectivity index (χ1v) is 9.14. The SMILES string of the molecule is CN=C(NCCOCCC(C)C)NCCc1cc(F)cc2c1OCOC2.I. The van der Waals surface area contributed by atoms with Crippen LogP contribution < -0.4 is 15.4 Å². The molecule has 0 spiro atoms. The molecule has 2 rings (SSSR count). The molecule has 1 aliphatic rings. The van der Waals surface area contributed by atoms with E-state index in [1.807, 2.05) is 0 Å². The van der Waals surface area contributed by atoms with Crippen molar-refractivity contribution >= 4 is 29.9 Å². The molecule has 0 aliphatic carbocycles. The number of hydrogen-bond acceptors (Lipinski definition) is 4. The smallest absolute Gasteiger partial charge is 0.191 e. The zero-order valence-electron chi connectivity index (χ0n) is 16.3. The van der Waals surface area contributed by atoms with Gasteiger partial charge in [0, 0.05) is 32.3 Å². The molecule has 0 saturated carbocycles. The summed E-state index contributed by atoms with van der Waals surface area (Å²) >= 11 is 0. The molecule has 1 aromatic carbocycles. The number of halogens is 2. The van der Waals surface area contributed by atoms with Gasteiger partial charge in [0.05, 0.1) is 13.2 Å². The fraction of sp³-hybridized carbons (Fsp3) is 0.632. The lowest BCUT2D eigenvalue weighted by Gasteiger charge is -2.21. The molecular weight excluding hydrogens is 464 g/mol. The number of fused-ring (bicyclic) bond motifs is 1. The van der Waals surface area contributed by atoms with Crippen molar-refractivity contribution in [1.82, 2.24) is 10.6 Å². The van der Waals surface area contributed by atoms with Gasteiger partial charge in [0.2, 0.25) is 0 Å². The number of nitrogens with zero attached hydrogens (tertiary/aromatic N) is 1. The largest absolute Gasteiger partial charge is 0.467 e. The lowest BCUT2D eigenvalue weighted by atomic mass is 10.1. The molecule has 0 amide bonds. The van der Waals surface area contributed by atoms with Crippen LogP contribution >= 0.6 is 24.0 Å². The lowest BCUT2D eigenvalue weighted by molar-refractivity contribution is -0.0172. The van der Waals surface area contributed by atoms with Crippen molar-refractivity contribution in [2.24, 2.45) is 10.9 Å². The predicted molar refractivity (Wildman–Crippen MR) is 115 cm³/mol. The standard InChI is InChI=1S/C19H30FN3O3.HI/c1-14(2)5-8-24-9-7-23-19(21-3)22-6-4-15-10-17(20)11-16-12-25-13-26-18(15)16;/h10-11,14H,4-9,12-13H2,1-3H3,(H2,21,22,23);1H. The molecule has 0 fully saturated rings. The van der Waals surface area contributed by atoms with E-state index in [4.69, 9.17) is 14.2 Å². The summed E-state index contributed by atoms with van der Waals surface area (Å²) in [5, 5.41) is 6.43. The van der Waals surface area contributed by atoms with Gasteiger partial charge in [-0.25, -0.2) is 4.39 Å². The van der Waals surface area contributed by atoms with Crippen molar-refractivity contribution < 1.29 is 18.6 Å². The highest BCUT2D eigenvalue weighted by Crippen LogP contribution is 2.29. The molecule has 154 valence electrons. The fourth-order valence-electron chi connectivity index (χ4n) is 2.64. The number of rotatable bonds is 9. The quantitative estimate of drug-likeness (QED) is 0.239. The first kappa shape index (κ1) is 23.9. The highest BCUT2D eigenvalue weighted by atomic mass is 127. The molecule has 1 heterocycles. The topological polar surface area (TPSA) is 64.1 Å². The molecule has 0 saturated heterocycles. The van der Waals surface area contributed by atoms with Gasteiger partial charge in [-0.3, -0.25) is 4.99 Å². The summed E-state index contributed by atoms with van der Waals surface area (Å²) in [6, 6.07) is 2.98. The van der Waals surface area contributed by atoms with Crippen molar-refractivity contribution in [3.05, 3.63) is 29.1 Å². The third kappa shape index (κ3) is 8.61. The molecule has 27 heavy (non-hydrogen) atoms. The monoisotopic (exact) mass is 495 g/mol. The maximum absolute atomic E-state index is 13.7. The van der Waals surface area contributed by atoms with Gasteiger partial charge in [0.1, 0.15) is 11.6 Å². The van der Waals surface area contributed by atoms with E-state index in [1.54, 1.807) is 7.05 Å². The van der Waals surface area contributed by atoms with Crippen molar-refractivity contribution in [3.8, 4) is 5.75 Å². The summed E-state index contributed by atoms with van der Waals surface area (Å²) in [6.07, 6.45) is 1.70. The van der Waals surface area contributed by atoms with Gasteiger partial charge in [0.15, 0.2) is 12.8 Å². The van der Waals surface area contributed by atoms with E-state index in [9.17, 15) is 4.39 Å². The van der Waals surface area contributed by atoms with Crippen LogP contribution in [0.1, 0.15) is 31.4 Å². The zero-order chi connectivity index (χ0) is 18.8. The second-order valence-electron chi connectivity index (χ2n) is 6.63. The Morgan fingerprint density at radius 2 is 2.04 bits per heavy atom. The van der Waals surface area contributed by atoms with E-state index >= 15 is 0 Å². The Labute approximate surface area is 178 Å². The molecule has 0 atom stereocenters. The number of nitrogens with one attached hydrogen (secondary N) is 2. The van der Waals surface area contributed by atoms with Gasteiger partial charge in [-0.15, -0.1) is 24.0 Å². The van der Waals surface area contributed by atoms with Gasteiger partial charge in [-0.2, -0.15) is 0 Å². The van der Waals surface area contributed by atoms with Crippen LogP contribution in [0.15, 0.2) is 17.1 Å². The molecule has 8 heteroatoms. The minimum absolute atomic E-state index is 0. The maximum Gasteiger partial charge on any atom is 0.191 e. The number of guanidine groups is 1. The minimum Gasteiger partial charge on any atom is -0.467 e. The molecule has 1 aliphatic heterocycles. The van der Waals surface area contributed by atoms with Crippen LogP contribution in [0.25, 0.3) is 0 Å². The Bertz CT molecular complexity index is 600. The first-order valence-electron chi connectivity index (χ1n) is 9.14. The van der Waals surface area contributed by atoms with E-state index in [-0.39, 0.29) is 36.6 Å². The molecule has 1 aromatic rings. The Hall–Kier alpha value is -1.13. The normalized spacial score (nSPS) is 13.6. The summed E-state index contributed by atoms with van der Waals surface area (Å²) in [4.78, 5) is 4.18. The Kier molecular flexibility index (Phi) is 11.6. The van der Waals surface area contributed by atoms with Crippen molar-refractivity contribution in [2.75, 3.05) is 40.1 Å². The summed E-state index contributed by atoms with van der Waals surface area (Å²) in [7, 11) is 1.72. The summed E-state index contributed by atoms with van der Waals surface area (Å²) in [5.41, 5.74) is 1.59. The molecule has 0 unspecified atom stereocenters. The number of aliphatic imine (C=N–C) groups is 1. The number of hydrogen-bond donors (Lipinski definition) is 2. The van der Waals surface area contributed by atoms with Crippen LogP contribution in [0.2, 0.25) is 0 Å². The molecule has 6 nitrogen and oxygen atoms in total. The molecule has 0 bridgehead atoms. The average molecular weight is 495 g/mol. The van der Waals surface area contributed by atoms with E-state index < -0.39 is 0 Å². The average Bonchev–Trinajstić information content (AvgIpc) is 2.62. The predicted octanol–water partition coefficient (Wildman–Crippen LogP) is 3.08. The Balaban J connectivity index is 0.00000364. The third-order valence-corrected chi connectivity index (χ3v) is 4.04. The maximum atomic E-state index is 13.7. The van der Waals surface area contributed by atoms with Gasteiger partial charge >= 0.3 is 0 Å². The van der Waals surface area contributed by atoms with E-state index in [0.29, 0.717) is 44.6 Å². The third-order valence-electron chi connectivity index (χ3n) is 4.04. The molecule has 0 aromatic heterocycles. The van der Waals surface area contributed by atoms with Crippen LogP contribution in [-0.4, -0.2) is 46.1 Å². The number of benzene rings is 1. The minimum atomic E-state index is -0.270. The van der Waals surface area contributed by atoms with Gasteiger partial charge in [0.25, 0.3) is 0 Å². The van der Waals surface area contributed by atoms with Gasteiger partial charge < -0.3 is 24.8 Å². The van der Waals surface area contributed by atoms with Gasteiger partial charge in [-0.1, -0.05) is 13.8 Å². The Morgan fingerprint density at radius 1 is 1.26 bits per heavy atom. The second kappa shape index (κ2) is 13.1. The van der Waals surface area contributed by atoms with Crippen LogP contribution in [0.5, 0.6) is 5.75 Å². The zero-order valence-corrected chi connectivity index (χ0v) is 18.7. The Morgan fingerprint density at radius 3 is 2.78 bits per heavy atom. The fourth-order valence-corrected chi connectivity index (χ4v) is 2.64. The number of ether oxygens (including phenoxy) is 3.